The van der Waals surface area contributed by atoms with Crippen molar-refractivity contribution in [3.05, 3.63) is 47.5 Å². The van der Waals surface area contributed by atoms with E-state index in [2.05, 4.69) is 0 Å². The summed E-state index contributed by atoms with van der Waals surface area (Å²) in [4.78, 5) is 24.9. The maximum absolute atomic E-state index is 12.2. The van der Waals surface area contributed by atoms with Crippen molar-refractivity contribution in [1.82, 2.24) is 4.90 Å². The van der Waals surface area contributed by atoms with Crippen LogP contribution in [-0.4, -0.2) is 34.7 Å². The van der Waals surface area contributed by atoms with Crippen LogP contribution in [-0.2, 0) is 16.1 Å². The van der Waals surface area contributed by atoms with Gasteiger partial charge in [0.25, 0.3) is 0 Å². The second-order valence-electron chi connectivity index (χ2n) is 5.29. The number of carbonyl (C=O) groups is 2. The molecule has 2 rings (SSSR count). The summed E-state index contributed by atoms with van der Waals surface area (Å²) in [6.07, 6.45) is 3.37. The molecule has 118 valence electrons. The minimum absolute atomic E-state index is 0.186. The van der Waals surface area contributed by atoms with Crippen molar-refractivity contribution >= 4 is 12.1 Å². The van der Waals surface area contributed by atoms with E-state index in [-0.39, 0.29) is 18.7 Å². The fraction of sp³-hybridized carbons (Fsp3) is 0.412. The Bertz CT molecular complexity index is 553. The van der Waals surface area contributed by atoms with E-state index in [4.69, 9.17) is 9.84 Å². The maximum Gasteiger partial charge on any atom is 0.410 e. The topological polar surface area (TPSA) is 66.8 Å². The van der Waals surface area contributed by atoms with Crippen molar-refractivity contribution in [3.8, 4) is 0 Å². The van der Waals surface area contributed by atoms with Crippen LogP contribution in [0.4, 0.5) is 4.79 Å². The van der Waals surface area contributed by atoms with Crippen LogP contribution in [0.1, 0.15) is 31.7 Å². The summed E-state index contributed by atoms with van der Waals surface area (Å²) in [5, 5.41) is 9.11. The standard InChI is InChI=1S/C17H21NO4/c1-2-14(16(19)20)11-15-9-6-10-18(15)17(21)22-12-13-7-4-3-5-8-13/h3-5,7-8,11,15H,2,6,9-10,12H2,1H3,(H,19,20)/t15-/m1/s1. The van der Waals surface area contributed by atoms with Crippen LogP contribution in [0.2, 0.25) is 0 Å². The SMILES string of the molecule is CCC(=C[C@H]1CCCN1C(=O)OCc1ccccc1)C(=O)O. The first-order valence-electron chi connectivity index (χ1n) is 7.53. The van der Waals surface area contributed by atoms with Gasteiger partial charge in [0.2, 0.25) is 0 Å². The second-order valence-corrected chi connectivity index (χ2v) is 5.29. The average Bonchev–Trinajstić information content (AvgIpc) is 2.99. The molecular weight excluding hydrogens is 282 g/mol. The quantitative estimate of drug-likeness (QED) is 0.848. The molecule has 0 saturated carbocycles. The summed E-state index contributed by atoms with van der Waals surface area (Å²) >= 11 is 0. The lowest BCUT2D eigenvalue weighted by atomic mass is 10.1. The van der Waals surface area contributed by atoms with Crippen molar-refractivity contribution in [2.24, 2.45) is 0 Å². The van der Waals surface area contributed by atoms with E-state index in [1.165, 1.54) is 0 Å². The number of carboxylic acid groups (broad SMARTS) is 1. The number of nitrogens with zero attached hydrogens (tertiary/aromatic N) is 1. The highest BCUT2D eigenvalue weighted by molar-refractivity contribution is 5.86. The van der Waals surface area contributed by atoms with E-state index in [1.54, 1.807) is 17.9 Å². The molecule has 1 N–H and O–H groups in total. The van der Waals surface area contributed by atoms with Crippen LogP contribution in [0.15, 0.2) is 42.0 Å². The minimum atomic E-state index is -0.924. The van der Waals surface area contributed by atoms with Gasteiger partial charge >= 0.3 is 12.1 Å². The van der Waals surface area contributed by atoms with Gasteiger partial charge in [-0.2, -0.15) is 0 Å². The van der Waals surface area contributed by atoms with Crippen molar-refractivity contribution in [1.29, 1.82) is 0 Å². The molecule has 1 amide bonds. The molecule has 0 radical (unpaired) electrons. The molecule has 5 nitrogen and oxygen atoms in total. The molecule has 0 bridgehead atoms. The monoisotopic (exact) mass is 303 g/mol. The fourth-order valence-corrected chi connectivity index (χ4v) is 2.57. The van der Waals surface area contributed by atoms with Crippen molar-refractivity contribution in [3.63, 3.8) is 0 Å². The molecular formula is C17H21NO4. The molecule has 1 saturated heterocycles. The van der Waals surface area contributed by atoms with Gasteiger partial charge in [0, 0.05) is 12.1 Å². The number of hydrogen-bond acceptors (Lipinski definition) is 3. The molecule has 0 unspecified atom stereocenters. The first kappa shape index (κ1) is 16.1. The van der Waals surface area contributed by atoms with Gasteiger partial charge in [0.05, 0.1) is 6.04 Å². The predicted octanol–water partition coefficient (Wildman–Crippen LogP) is 3.21. The minimum Gasteiger partial charge on any atom is -0.478 e. The van der Waals surface area contributed by atoms with E-state index in [0.29, 0.717) is 18.5 Å². The summed E-state index contributed by atoms with van der Waals surface area (Å²) in [5.74, 6) is -0.924. The van der Waals surface area contributed by atoms with E-state index in [0.717, 1.165) is 18.4 Å². The predicted molar refractivity (Wildman–Crippen MR) is 82.4 cm³/mol. The van der Waals surface area contributed by atoms with Crippen LogP contribution in [0.25, 0.3) is 0 Å². The van der Waals surface area contributed by atoms with Crippen molar-refractivity contribution in [2.45, 2.75) is 38.8 Å². The van der Waals surface area contributed by atoms with Gasteiger partial charge in [-0.1, -0.05) is 43.3 Å². The summed E-state index contributed by atoms with van der Waals surface area (Å²) in [7, 11) is 0. The molecule has 1 atom stereocenters. The number of hydrogen-bond donors (Lipinski definition) is 1. The number of aliphatic carboxylic acids is 1. The Morgan fingerprint density at radius 3 is 2.73 bits per heavy atom. The van der Waals surface area contributed by atoms with Crippen LogP contribution >= 0.6 is 0 Å². The van der Waals surface area contributed by atoms with E-state index >= 15 is 0 Å². The van der Waals surface area contributed by atoms with E-state index in [1.807, 2.05) is 30.3 Å². The molecule has 1 aliphatic heterocycles. The van der Waals surface area contributed by atoms with Gasteiger partial charge in [0.15, 0.2) is 0 Å². The number of rotatable bonds is 5. The molecule has 0 spiro atoms. The molecule has 0 aliphatic carbocycles. The number of benzene rings is 1. The number of likely N-dealkylation sites (tertiary alicyclic amines) is 1. The molecule has 1 fully saturated rings. The number of amides is 1. The van der Waals surface area contributed by atoms with Crippen LogP contribution in [0.3, 0.4) is 0 Å². The number of carbonyl (C=O) groups excluding carboxylic acids is 1. The van der Waals surface area contributed by atoms with Crippen LogP contribution in [0.5, 0.6) is 0 Å². The van der Waals surface area contributed by atoms with Gasteiger partial charge in [-0.3, -0.25) is 0 Å². The van der Waals surface area contributed by atoms with Crippen molar-refractivity contribution < 1.29 is 19.4 Å². The Hall–Kier alpha value is -2.30. The third-order valence-electron chi connectivity index (χ3n) is 3.79. The third kappa shape index (κ3) is 4.10. The second kappa shape index (κ2) is 7.64. The van der Waals surface area contributed by atoms with Gasteiger partial charge in [-0.25, -0.2) is 9.59 Å². The molecule has 5 heteroatoms. The fourth-order valence-electron chi connectivity index (χ4n) is 2.57. The molecule has 1 aromatic rings. The van der Waals surface area contributed by atoms with E-state index in [9.17, 15) is 9.59 Å². The molecule has 1 aliphatic rings. The third-order valence-corrected chi connectivity index (χ3v) is 3.79. The Balaban J connectivity index is 1.97. The van der Waals surface area contributed by atoms with Gasteiger partial charge < -0.3 is 14.7 Å². The summed E-state index contributed by atoms with van der Waals surface area (Å²) in [6.45, 7) is 2.63. The zero-order valence-corrected chi connectivity index (χ0v) is 12.7. The normalized spacial score (nSPS) is 18.3. The number of ether oxygens (including phenoxy) is 1. The van der Waals surface area contributed by atoms with Gasteiger partial charge in [-0.15, -0.1) is 0 Å². The first-order valence-corrected chi connectivity index (χ1v) is 7.53. The molecule has 22 heavy (non-hydrogen) atoms. The lowest BCUT2D eigenvalue weighted by Gasteiger charge is -2.22. The Morgan fingerprint density at radius 2 is 2.09 bits per heavy atom. The molecule has 1 heterocycles. The van der Waals surface area contributed by atoms with Crippen LogP contribution in [0, 0.1) is 0 Å². The first-order chi connectivity index (χ1) is 10.6. The highest BCUT2D eigenvalue weighted by Gasteiger charge is 2.29. The Morgan fingerprint density at radius 1 is 1.36 bits per heavy atom. The lowest BCUT2D eigenvalue weighted by molar-refractivity contribution is -0.132. The van der Waals surface area contributed by atoms with Crippen LogP contribution < -0.4 is 0 Å². The Kier molecular flexibility index (Phi) is 5.58. The van der Waals surface area contributed by atoms with Gasteiger partial charge in [-0.05, 0) is 24.8 Å². The summed E-state index contributed by atoms with van der Waals surface area (Å²) in [6, 6.07) is 9.30. The molecule has 0 aromatic heterocycles. The number of carboxylic acids is 1. The largest absolute Gasteiger partial charge is 0.478 e. The summed E-state index contributed by atoms with van der Waals surface area (Å²) in [5.41, 5.74) is 1.27. The lowest BCUT2D eigenvalue weighted by Crippen LogP contribution is -2.35. The maximum atomic E-state index is 12.2. The Labute approximate surface area is 130 Å². The average molecular weight is 303 g/mol. The molecule has 1 aromatic carbocycles. The summed E-state index contributed by atoms with van der Waals surface area (Å²) < 4.78 is 5.33. The zero-order chi connectivity index (χ0) is 15.9. The van der Waals surface area contributed by atoms with Gasteiger partial charge in [0.1, 0.15) is 6.61 Å². The smallest absolute Gasteiger partial charge is 0.410 e. The highest BCUT2D eigenvalue weighted by Crippen LogP contribution is 2.22. The highest BCUT2D eigenvalue weighted by atomic mass is 16.6. The van der Waals surface area contributed by atoms with E-state index < -0.39 is 5.97 Å². The zero-order valence-electron chi connectivity index (χ0n) is 12.7. The van der Waals surface area contributed by atoms with Crippen molar-refractivity contribution in [2.75, 3.05) is 6.54 Å².